The van der Waals surface area contributed by atoms with E-state index in [1.54, 1.807) is 11.3 Å². The van der Waals surface area contributed by atoms with Gasteiger partial charge in [0, 0.05) is 54.5 Å². The average molecular weight is 433 g/mol. The van der Waals surface area contributed by atoms with Crippen molar-refractivity contribution in [2.75, 3.05) is 36.5 Å². The van der Waals surface area contributed by atoms with Crippen LogP contribution in [-0.2, 0) is 17.6 Å². The van der Waals surface area contributed by atoms with E-state index in [-0.39, 0.29) is 11.9 Å². The lowest BCUT2D eigenvalue weighted by Crippen LogP contribution is -2.38. The lowest BCUT2D eigenvalue weighted by Gasteiger charge is -2.26. The summed E-state index contributed by atoms with van der Waals surface area (Å²) in [6.07, 6.45) is 1.12. The van der Waals surface area contributed by atoms with Gasteiger partial charge in [-0.25, -0.2) is 9.78 Å². The summed E-state index contributed by atoms with van der Waals surface area (Å²) in [4.78, 5) is 30.9. The number of anilines is 1. The van der Waals surface area contributed by atoms with Gasteiger partial charge in [0.1, 0.15) is 0 Å². The van der Waals surface area contributed by atoms with Gasteiger partial charge in [0.25, 0.3) is 0 Å². The SMILES string of the molecule is CC(C)c1nc(CCNC(=O)Nc2ccc(CC(=O)N3CCSCC3)cc2)cs1. The smallest absolute Gasteiger partial charge is 0.319 e. The molecule has 6 nitrogen and oxygen atoms in total. The number of hydrogen-bond donors (Lipinski definition) is 2. The van der Waals surface area contributed by atoms with Crippen LogP contribution in [-0.4, -0.2) is 53.0 Å². The van der Waals surface area contributed by atoms with Gasteiger partial charge in [-0.1, -0.05) is 26.0 Å². The largest absolute Gasteiger partial charge is 0.341 e. The molecule has 0 aliphatic carbocycles. The Kier molecular flexibility index (Phi) is 7.94. The molecule has 2 heterocycles. The number of urea groups is 1. The molecule has 2 N–H and O–H groups in total. The molecule has 2 aromatic rings. The van der Waals surface area contributed by atoms with Gasteiger partial charge in [-0.05, 0) is 17.7 Å². The van der Waals surface area contributed by atoms with E-state index >= 15 is 0 Å². The monoisotopic (exact) mass is 432 g/mol. The second-order valence-electron chi connectivity index (χ2n) is 7.33. The predicted octanol–water partition coefficient (Wildman–Crippen LogP) is 3.75. The second kappa shape index (κ2) is 10.6. The molecule has 1 aliphatic rings. The first-order chi connectivity index (χ1) is 14.0. The maximum Gasteiger partial charge on any atom is 0.319 e. The predicted molar refractivity (Wildman–Crippen MR) is 121 cm³/mol. The first-order valence-corrected chi connectivity index (χ1v) is 12.0. The third-order valence-corrected chi connectivity index (χ3v) is 6.80. The van der Waals surface area contributed by atoms with Gasteiger partial charge in [-0.2, -0.15) is 11.8 Å². The number of thioether (sulfide) groups is 1. The Hall–Kier alpha value is -2.06. The number of nitrogens with one attached hydrogen (secondary N) is 2. The summed E-state index contributed by atoms with van der Waals surface area (Å²) in [5.74, 6) is 2.64. The maximum atomic E-state index is 12.3. The van der Waals surface area contributed by atoms with Gasteiger partial charge in [0.15, 0.2) is 0 Å². The number of aromatic nitrogens is 1. The topological polar surface area (TPSA) is 74.3 Å². The molecule has 0 spiro atoms. The fourth-order valence-corrected chi connectivity index (χ4v) is 4.76. The number of amides is 3. The van der Waals surface area contributed by atoms with Gasteiger partial charge in [-0.15, -0.1) is 11.3 Å². The minimum Gasteiger partial charge on any atom is -0.341 e. The van der Waals surface area contributed by atoms with Crippen LogP contribution < -0.4 is 10.6 Å². The molecule has 8 heteroatoms. The standard InChI is InChI=1S/C21H28N4O2S2/c1-15(2)20-23-18(14-29-20)7-8-22-21(27)24-17-5-3-16(4-6-17)13-19(26)25-9-11-28-12-10-25/h3-6,14-15H,7-13H2,1-2H3,(H2,22,24,27). The number of thiazole rings is 1. The fraction of sp³-hybridized carbons (Fsp3) is 0.476. The number of hydrogen-bond acceptors (Lipinski definition) is 5. The Morgan fingerprint density at radius 1 is 1.17 bits per heavy atom. The Bertz CT molecular complexity index is 814. The van der Waals surface area contributed by atoms with Crippen LogP contribution in [0.25, 0.3) is 0 Å². The van der Waals surface area contributed by atoms with Crippen molar-refractivity contribution in [3.63, 3.8) is 0 Å². The van der Waals surface area contributed by atoms with Crippen LogP contribution in [0, 0.1) is 0 Å². The van der Waals surface area contributed by atoms with E-state index in [2.05, 4.69) is 34.8 Å². The molecule has 0 atom stereocenters. The maximum absolute atomic E-state index is 12.3. The number of carbonyl (C=O) groups is 2. The normalized spacial score (nSPS) is 14.1. The summed E-state index contributed by atoms with van der Waals surface area (Å²) >= 11 is 3.56. The lowest BCUT2D eigenvalue weighted by molar-refractivity contribution is -0.130. The highest BCUT2D eigenvalue weighted by molar-refractivity contribution is 7.99. The molecule has 3 amide bonds. The van der Waals surface area contributed by atoms with E-state index in [1.807, 2.05) is 40.9 Å². The van der Waals surface area contributed by atoms with Crippen molar-refractivity contribution in [2.45, 2.75) is 32.6 Å². The summed E-state index contributed by atoms with van der Waals surface area (Å²) in [6.45, 7) is 6.46. The molecule has 0 radical (unpaired) electrons. The zero-order chi connectivity index (χ0) is 20.6. The molecule has 1 fully saturated rings. The van der Waals surface area contributed by atoms with E-state index < -0.39 is 0 Å². The quantitative estimate of drug-likeness (QED) is 0.699. The highest BCUT2D eigenvalue weighted by Crippen LogP contribution is 2.19. The lowest BCUT2D eigenvalue weighted by atomic mass is 10.1. The Labute approximate surface area is 180 Å². The Balaban J connectivity index is 1.40. The van der Waals surface area contributed by atoms with Gasteiger partial charge in [0.2, 0.25) is 5.91 Å². The molecule has 1 aromatic heterocycles. The Morgan fingerprint density at radius 2 is 1.90 bits per heavy atom. The van der Waals surface area contributed by atoms with Crippen LogP contribution in [0.4, 0.5) is 10.5 Å². The van der Waals surface area contributed by atoms with Crippen molar-refractivity contribution < 1.29 is 9.59 Å². The minimum absolute atomic E-state index is 0.173. The highest BCUT2D eigenvalue weighted by atomic mass is 32.2. The molecular formula is C21H28N4O2S2. The van der Waals surface area contributed by atoms with Crippen molar-refractivity contribution in [1.82, 2.24) is 15.2 Å². The van der Waals surface area contributed by atoms with Gasteiger partial charge < -0.3 is 15.5 Å². The van der Waals surface area contributed by atoms with Gasteiger partial charge in [0.05, 0.1) is 17.1 Å². The van der Waals surface area contributed by atoms with Crippen molar-refractivity contribution in [2.24, 2.45) is 0 Å². The summed E-state index contributed by atoms with van der Waals surface area (Å²) in [6, 6.07) is 7.23. The van der Waals surface area contributed by atoms with Crippen LogP contribution in [0.15, 0.2) is 29.6 Å². The second-order valence-corrected chi connectivity index (χ2v) is 9.44. The number of nitrogens with zero attached hydrogens (tertiary/aromatic N) is 2. The van der Waals surface area contributed by atoms with Crippen molar-refractivity contribution in [1.29, 1.82) is 0 Å². The molecule has 1 aromatic carbocycles. The molecule has 3 rings (SSSR count). The van der Waals surface area contributed by atoms with Gasteiger partial charge >= 0.3 is 6.03 Å². The van der Waals surface area contributed by atoms with Crippen molar-refractivity contribution in [3.8, 4) is 0 Å². The highest BCUT2D eigenvalue weighted by Gasteiger charge is 2.16. The van der Waals surface area contributed by atoms with Crippen LogP contribution in [0.1, 0.15) is 36.0 Å². The van der Waals surface area contributed by atoms with E-state index in [0.717, 1.165) is 40.9 Å². The summed E-state index contributed by atoms with van der Waals surface area (Å²) < 4.78 is 0. The number of rotatable bonds is 7. The molecule has 1 saturated heterocycles. The molecule has 0 bridgehead atoms. The zero-order valence-corrected chi connectivity index (χ0v) is 18.6. The zero-order valence-electron chi connectivity index (χ0n) is 16.9. The van der Waals surface area contributed by atoms with Gasteiger partial charge in [-0.3, -0.25) is 4.79 Å². The van der Waals surface area contributed by atoms with Crippen LogP contribution >= 0.6 is 23.1 Å². The molecular weight excluding hydrogens is 404 g/mol. The summed E-state index contributed by atoms with van der Waals surface area (Å²) in [5.41, 5.74) is 2.69. The summed E-state index contributed by atoms with van der Waals surface area (Å²) in [7, 11) is 0. The number of carbonyl (C=O) groups excluding carboxylic acids is 2. The first kappa shape index (κ1) is 21.6. The van der Waals surface area contributed by atoms with Crippen LogP contribution in [0.5, 0.6) is 0 Å². The van der Waals surface area contributed by atoms with Crippen molar-refractivity contribution >= 4 is 40.7 Å². The van der Waals surface area contributed by atoms with E-state index in [9.17, 15) is 9.59 Å². The molecule has 0 unspecified atom stereocenters. The molecule has 29 heavy (non-hydrogen) atoms. The first-order valence-electron chi connectivity index (χ1n) is 9.95. The average Bonchev–Trinajstić information content (AvgIpc) is 3.19. The minimum atomic E-state index is -0.237. The Morgan fingerprint density at radius 3 is 2.55 bits per heavy atom. The third kappa shape index (κ3) is 6.75. The third-order valence-electron chi connectivity index (χ3n) is 4.66. The van der Waals surface area contributed by atoms with E-state index in [1.165, 1.54) is 0 Å². The fourth-order valence-electron chi connectivity index (χ4n) is 2.99. The molecule has 0 saturated carbocycles. The van der Waals surface area contributed by atoms with E-state index in [0.29, 0.717) is 31.0 Å². The van der Waals surface area contributed by atoms with Crippen molar-refractivity contribution in [3.05, 3.63) is 45.9 Å². The number of benzene rings is 1. The summed E-state index contributed by atoms with van der Waals surface area (Å²) in [5, 5.41) is 8.87. The molecule has 156 valence electrons. The van der Waals surface area contributed by atoms with Crippen LogP contribution in [0.2, 0.25) is 0 Å². The molecule has 1 aliphatic heterocycles. The van der Waals surface area contributed by atoms with Crippen LogP contribution in [0.3, 0.4) is 0 Å². The van der Waals surface area contributed by atoms with E-state index in [4.69, 9.17) is 0 Å².